The Morgan fingerprint density at radius 2 is 1.77 bits per heavy atom. The number of nitrogens with one attached hydrogen (secondary N) is 1. The molecular weight excluding hydrogens is 314 g/mol. The summed E-state index contributed by atoms with van der Waals surface area (Å²) in [5, 5.41) is 3.46. The van der Waals surface area contributed by atoms with Crippen molar-refractivity contribution in [3.8, 4) is 0 Å². The van der Waals surface area contributed by atoms with Crippen LogP contribution in [0.4, 0.5) is 5.69 Å². The molecular formula is C25H25N. The van der Waals surface area contributed by atoms with Crippen LogP contribution in [-0.4, -0.2) is 0 Å². The van der Waals surface area contributed by atoms with Gasteiger partial charge in [-0.2, -0.15) is 0 Å². The summed E-state index contributed by atoms with van der Waals surface area (Å²) < 4.78 is 0. The molecule has 2 aromatic carbocycles. The Hall–Kier alpha value is -3.06. The van der Waals surface area contributed by atoms with Crippen molar-refractivity contribution in [2.75, 3.05) is 5.32 Å². The van der Waals surface area contributed by atoms with E-state index in [9.17, 15) is 0 Å². The maximum atomic E-state index is 4.30. The fourth-order valence-electron chi connectivity index (χ4n) is 3.18. The van der Waals surface area contributed by atoms with E-state index in [4.69, 9.17) is 0 Å². The molecule has 1 nitrogen and oxygen atoms in total. The van der Waals surface area contributed by atoms with Gasteiger partial charge in [0.2, 0.25) is 0 Å². The molecule has 3 rings (SSSR count). The maximum Gasteiger partial charge on any atom is 0.0455 e. The van der Waals surface area contributed by atoms with Gasteiger partial charge in [-0.3, -0.25) is 0 Å². The molecule has 1 aliphatic carbocycles. The highest BCUT2D eigenvalue weighted by atomic mass is 14.9. The van der Waals surface area contributed by atoms with Crippen LogP contribution in [0.25, 0.3) is 11.6 Å². The summed E-state index contributed by atoms with van der Waals surface area (Å²) in [4.78, 5) is 0. The molecule has 0 atom stereocenters. The monoisotopic (exact) mass is 339 g/mol. The zero-order chi connectivity index (χ0) is 18.4. The topological polar surface area (TPSA) is 12.0 Å². The number of rotatable bonds is 6. The predicted molar refractivity (Wildman–Crippen MR) is 115 cm³/mol. The number of allylic oxidation sites excluding steroid dienone is 7. The fourth-order valence-corrected chi connectivity index (χ4v) is 3.18. The second kappa shape index (κ2) is 8.35. The molecule has 0 fully saturated rings. The average molecular weight is 339 g/mol. The smallest absolute Gasteiger partial charge is 0.0455 e. The first-order valence-corrected chi connectivity index (χ1v) is 8.99. The van der Waals surface area contributed by atoms with Gasteiger partial charge in [-0.1, -0.05) is 79.9 Å². The SMILES string of the molecule is C=Cc1ccccc1N/C(C)=C/C(=C)C1=CC(c2ccccc2)=CCC1. The van der Waals surface area contributed by atoms with Gasteiger partial charge < -0.3 is 5.32 Å². The van der Waals surface area contributed by atoms with Crippen LogP contribution in [0.5, 0.6) is 0 Å². The van der Waals surface area contributed by atoms with Crippen molar-refractivity contribution in [2.24, 2.45) is 0 Å². The molecule has 1 heteroatoms. The van der Waals surface area contributed by atoms with E-state index in [2.05, 4.69) is 86.1 Å². The highest BCUT2D eigenvalue weighted by Gasteiger charge is 2.09. The van der Waals surface area contributed by atoms with Crippen LogP contribution in [0.1, 0.15) is 30.9 Å². The van der Waals surface area contributed by atoms with Crippen LogP contribution in [0.2, 0.25) is 0 Å². The number of anilines is 1. The molecule has 130 valence electrons. The Morgan fingerprint density at radius 3 is 2.54 bits per heavy atom. The van der Waals surface area contributed by atoms with Crippen LogP contribution in [-0.2, 0) is 0 Å². The minimum absolute atomic E-state index is 1.03. The third kappa shape index (κ3) is 4.31. The quantitative estimate of drug-likeness (QED) is 0.558. The molecule has 0 bridgehead atoms. The minimum atomic E-state index is 1.03. The van der Waals surface area contributed by atoms with E-state index in [1.54, 1.807) is 0 Å². The standard InChI is InChI=1S/C25H25N/c1-4-21-11-8-9-16-25(21)26-20(3)17-19(2)23-14-10-15-24(18-23)22-12-6-5-7-13-22/h4-9,11-13,15-18,26H,1-2,10,14H2,3H3/b20-17+. The summed E-state index contributed by atoms with van der Waals surface area (Å²) in [5.41, 5.74) is 8.13. The predicted octanol–water partition coefficient (Wildman–Crippen LogP) is 7.01. The summed E-state index contributed by atoms with van der Waals surface area (Å²) in [6.45, 7) is 10.2. The van der Waals surface area contributed by atoms with E-state index >= 15 is 0 Å². The molecule has 0 spiro atoms. The number of hydrogen-bond donors (Lipinski definition) is 1. The Bertz CT molecular complexity index is 895. The van der Waals surface area contributed by atoms with Gasteiger partial charge in [-0.15, -0.1) is 0 Å². The fraction of sp³-hybridized carbons (Fsp3) is 0.120. The molecule has 0 heterocycles. The lowest BCUT2D eigenvalue weighted by atomic mass is 9.91. The van der Waals surface area contributed by atoms with Crippen molar-refractivity contribution >= 4 is 17.3 Å². The first-order valence-electron chi connectivity index (χ1n) is 8.99. The second-order valence-corrected chi connectivity index (χ2v) is 6.50. The highest BCUT2D eigenvalue weighted by molar-refractivity contribution is 5.77. The molecule has 0 unspecified atom stereocenters. The Labute approximate surface area is 156 Å². The number of benzene rings is 2. The molecule has 1 aliphatic rings. The van der Waals surface area contributed by atoms with Crippen molar-refractivity contribution < 1.29 is 0 Å². The maximum absolute atomic E-state index is 4.30. The van der Waals surface area contributed by atoms with Crippen LogP contribution in [0.3, 0.4) is 0 Å². The van der Waals surface area contributed by atoms with Gasteiger partial charge in [0.25, 0.3) is 0 Å². The lowest BCUT2D eigenvalue weighted by Crippen LogP contribution is -2.00. The van der Waals surface area contributed by atoms with E-state index in [1.807, 2.05) is 18.2 Å². The van der Waals surface area contributed by atoms with Gasteiger partial charge in [0.1, 0.15) is 0 Å². The van der Waals surface area contributed by atoms with E-state index in [-0.39, 0.29) is 0 Å². The summed E-state index contributed by atoms with van der Waals surface area (Å²) in [7, 11) is 0. The molecule has 26 heavy (non-hydrogen) atoms. The minimum Gasteiger partial charge on any atom is -0.359 e. The van der Waals surface area contributed by atoms with Crippen LogP contribution in [0, 0.1) is 0 Å². The van der Waals surface area contributed by atoms with E-state index in [0.717, 1.165) is 35.4 Å². The zero-order valence-electron chi connectivity index (χ0n) is 15.3. The second-order valence-electron chi connectivity index (χ2n) is 6.50. The van der Waals surface area contributed by atoms with Gasteiger partial charge in [0, 0.05) is 11.4 Å². The van der Waals surface area contributed by atoms with Gasteiger partial charge in [0.15, 0.2) is 0 Å². The van der Waals surface area contributed by atoms with Crippen LogP contribution >= 0.6 is 0 Å². The molecule has 1 N–H and O–H groups in total. The first-order chi connectivity index (χ1) is 12.7. The van der Waals surface area contributed by atoms with Crippen molar-refractivity contribution in [1.82, 2.24) is 0 Å². The summed E-state index contributed by atoms with van der Waals surface area (Å²) >= 11 is 0. The molecule has 0 saturated heterocycles. The van der Waals surface area contributed by atoms with E-state index in [0.29, 0.717) is 0 Å². The number of para-hydroxylation sites is 1. The average Bonchev–Trinajstić information content (AvgIpc) is 2.69. The highest BCUT2D eigenvalue weighted by Crippen LogP contribution is 2.29. The van der Waals surface area contributed by atoms with Crippen LogP contribution in [0.15, 0.2) is 103 Å². The van der Waals surface area contributed by atoms with Crippen molar-refractivity contribution in [3.05, 3.63) is 114 Å². The van der Waals surface area contributed by atoms with Gasteiger partial charge in [-0.05, 0) is 59.8 Å². The molecule has 0 saturated carbocycles. The first kappa shape index (κ1) is 17.8. The third-order valence-electron chi connectivity index (χ3n) is 4.53. The van der Waals surface area contributed by atoms with Crippen molar-refractivity contribution in [2.45, 2.75) is 19.8 Å². The van der Waals surface area contributed by atoms with E-state index in [1.165, 1.54) is 16.7 Å². The zero-order valence-corrected chi connectivity index (χ0v) is 15.3. The molecule has 0 amide bonds. The number of hydrogen-bond acceptors (Lipinski definition) is 1. The van der Waals surface area contributed by atoms with Crippen molar-refractivity contribution in [1.29, 1.82) is 0 Å². The van der Waals surface area contributed by atoms with E-state index < -0.39 is 0 Å². The van der Waals surface area contributed by atoms with Gasteiger partial charge in [-0.25, -0.2) is 0 Å². The Kier molecular flexibility index (Phi) is 5.70. The molecule has 0 aliphatic heterocycles. The van der Waals surface area contributed by atoms with Crippen molar-refractivity contribution in [3.63, 3.8) is 0 Å². The van der Waals surface area contributed by atoms with Gasteiger partial charge in [0.05, 0.1) is 0 Å². The van der Waals surface area contributed by atoms with Crippen LogP contribution < -0.4 is 5.32 Å². The third-order valence-corrected chi connectivity index (χ3v) is 4.53. The summed E-state index contributed by atoms with van der Waals surface area (Å²) in [5.74, 6) is 0. The molecule has 2 aromatic rings. The lowest BCUT2D eigenvalue weighted by molar-refractivity contribution is 0.982. The molecule has 0 radical (unpaired) electrons. The lowest BCUT2D eigenvalue weighted by Gasteiger charge is -2.16. The van der Waals surface area contributed by atoms with Gasteiger partial charge >= 0.3 is 0 Å². The Morgan fingerprint density at radius 1 is 1.04 bits per heavy atom. The summed E-state index contributed by atoms with van der Waals surface area (Å²) in [6, 6.07) is 18.7. The molecule has 0 aromatic heterocycles. The normalized spacial score (nSPS) is 14.3. The largest absolute Gasteiger partial charge is 0.359 e. The summed E-state index contributed by atoms with van der Waals surface area (Å²) in [6.07, 6.45) is 10.6. The Balaban J connectivity index is 1.76.